The highest BCUT2D eigenvalue weighted by Gasteiger charge is 2.37. The number of nitrogens with one attached hydrogen (secondary N) is 2. The number of carboxylic acid groups (broad SMARTS) is 2. The summed E-state index contributed by atoms with van der Waals surface area (Å²) < 4.78 is 0. The second-order valence-corrected chi connectivity index (χ2v) is 7.00. The van der Waals surface area contributed by atoms with E-state index in [9.17, 15) is 9.59 Å². The highest BCUT2D eigenvalue weighted by atomic mass is 16.4. The Morgan fingerprint density at radius 1 is 1.23 bits per heavy atom. The zero-order chi connectivity index (χ0) is 18.8. The van der Waals surface area contributed by atoms with E-state index in [0.717, 1.165) is 6.54 Å². The second kappa shape index (κ2) is 7.23. The standard InChI is InChI=1S/C16H20N2.C4H4O4/c1-9-6-14-12-4-3-5-15-16(12)11(8-17-15)7-13(14)10(2)18-9;5-3(6)1-2-4(7)8/h5-6,10,13,17-18H,3-4,7-8H2,1-2H3;1-2H,(H,5,6)(H,7,8)/b;2-1-. The van der Waals surface area contributed by atoms with Gasteiger partial charge in [-0.05, 0) is 55.9 Å². The van der Waals surface area contributed by atoms with Crippen molar-refractivity contribution in [3.05, 3.63) is 58.0 Å². The van der Waals surface area contributed by atoms with Gasteiger partial charge in [0.1, 0.15) is 0 Å². The van der Waals surface area contributed by atoms with Gasteiger partial charge in [-0.3, -0.25) is 0 Å². The quantitative estimate of drug-likeness (QED) is 0.568. The number of allylic oxidation sites excluding steroid dienone is 4. The fraction of sp³-hybridized carbons (Fsp3) is 0.400. The topological polar surface area (TPSA) is 98.7 Å². The molecule has 0 saturated heterocycles. The molecule has 26 heavy (non-hydrogen) atoms. The smallest absolute Gasteiger partial charge is 0.328 e. The van der Waals surface area contributed by atoms with E-state index in [2.05, 4.69) is 36.6 Å². The number of carboxylic acids is 2. The Morgan fingerprint density at radius 2 is 1.92 bits per heavy atom. The average Bonchev–Trinajstić information content (AvgIpc) is 2.99. The normalized spacial score (nSPS) is 25.9. The van der Waals surface area contributed by atoms with E-state index in [1.54, 1.807) is 22.3 Å². The molecule has 0 aromatic carbocycles. The Kier molecular flexibility index (Phi) is 5.02. The van der Waals surface area contributed by atoms with Crippen LogP contribution in [0.25, 0.3) is 0 Å². The molecule has 0 radical (unpaired) electrons. The lowest BCUT2D eigenvalue weighted by molar-refractivity contribution is -0.134. The summed E-state index contributed by atoms with van der Waals surface area (Å²) in [5.74, 6) is -1.83. The number of hydrogen-bond acceptors (Lipinski definition) is 4. The zero-order valence-corrected chi connectivity index (χ0v) is 15.0. The zero-order valence-electron chi connectivity index (χ0n) is 15.0. The average molecular weight is 356 g/mol. The van der Waals surface area contributed by atoms with Crippen molar-refractivity contribution in [3.8, 4) is 0 Å². The number of rotatable bonds is 2. The Balaban J connectivity index is 0.000000211. The lowest BCUT2D eigenvalue weighted by Crippen LogP contribution is -2.39. The summed E-state index contributed by atoms with van der Waals surface area (Å²) in [5.41, 5.74) is 9.21. The van der Waals surface area contributed by atoms with Gasteiger partial charge in [0.2, 0.25) is 0 Å². The summed E-state index contributed by atoms with van der Waals surface area (Å²) in [6.07, 6.45) is 9.55. The van der Waals surface area contributed by atoms with E-state index in [-0.39, 0.29) is 0 Å². The number of carbonyl (C=O) groups is 2. The van der Waals surface area contributed by atoms with Gasteiger partial charge in [-0.2, -0.15) is 0 Å². The monoisotopic (exact) mass is 356 g/mol. The van der Waals surface area contributed by atoms with E-state index in [1.165, 1.54) is 30.7 Å². The minimum atomic E-state index is -1.26. The van der Waals surface area contributed by atoms with Crippen molar-refractivity contribution in [1.29, 1.82) is 0 Å². The molecular weight excluding hydrogens is 332 g/mol. The molecule has 4 rings (SSSR count). The van der Waals surface area contributed by atoms with Crippen LogP contribution < -0.4 is 10.6 Å². The van der Waals surface area contributed by atoms with Crippen LogP contribution in [0.15, 0.2) is 58.0 Å². The molecule has 0 bridgehead atoms. The molecule has 0 aromatic heterocycles. The molecule has 0 spiro atoms. The highest BCUT2D eigenvalue weighted by molar-refractivity contribution is 5.89. The Morgan fingerprint density at radius 3 is 2.58 bits per heavy atom. The third-order valence-corrected chi connectivity index (χ3v) is 5.17. The van der Waals surface area contributed by atoms with Crippen LogP contribution in [-0.4, -0.2) is 34.7 Å². The van der Waals surface area contributed by atoms with Crippen LogP contribution in [0, 0.1) is 5.92 Å². The maximum atomic E-state index is 9.55. The summed E-state index contributed by atoms with van der Waals surface area (Å²) in [5, 5.41) is 22.8. The molecule has 2 atom stereocenters. The van der Waals surface area contributed by atoms with Gasteiger partial charge in [0, 0.05) is 47.6 Å². The number of fused-ring (bicyclic) bond motifs is 1. The largest absolute Gasteiger partial charge is 0.478 e. The van der Waals surface area contributed by atoms with Gasteiger partial charge in [0.15, 0.2) is 0 Å². The summed E-state index contributed by atoms with van der Waals surface area (Å²) >= 11 is 0. The molecule has 2 aliphatic heterocycles. The van der Waals surface area contributed by atoms with Gasteiger partial charge in [-0.25, -0.2) is 9.59 Å². The van der Waals surface area contributed by atoms with Crippen molar-refractivity contribution >= 4 is 11.9 Å². The lowest BCUT2D eigenvalue weighted by Gasteiger charge is -2.38. The van der Waals surface area contributed by atoms with E-state index in [4.69, 9.17) is 10.2 Å². The molecule has 4 aliphatic rings. The number of hydrogen-bond donors (Lipinski definition) is 4. The van der Waals surface area contributed by atoms with Crippen molar-refractivity contribution in [2.24, 2.45) is 5.92 Å². The van der Waals surface area contributed by atoms with Crippen molar-refractivity contribution in [2.75, 3.05) is 6.54 Å². The van der Waals surface area contributed by atoms with Crippen LogP contribution in [0.4, 0.5) is 0 Å². The fourth-order valence-corrected chi connectivity index (χ4v) is 4.18. The minimum absolute atomic E-state index is 0.558. The molecule has 2 unspecified atom stereocenters. The predicted octanol–water partition coefficient (Wildman–Crippen LogP) is 2.49. The van der Waals surface area contributed by atoms with E-state index >= 15 is 0 Å². The minimum Gasteiger partial charge on any atom is -0.478 e. The molecule has 0 fully saturated rings. The fourth-order valence-electron chi connectivity index (χ4n) is 4.18. The third kappa shape index (κ3) is 3.59. The molecule has 0 aromatic rings. The first-order valence-electron chi connectivity index (χ1n) is 8.85. The van der Waals surface area contributed by atoms with Crippen LogP contribution in [0.5, 0.6) is 0 Å². The summed E-state index contributed by atoms with van der Waals surface area (Å²) in [6.45, 7) is 5.59. The van der Waals surface area contributed by atoms with Crippen LogP contribution in [0.1, 0.15) is 33.1 Å². The first-order chi connectivity index (χ1) is 12.4. The second-order valence-electron chi connectivity index (χ2n) is 7.00. The van der Waals surface area contributed by atoms with Crippen molar-refractivity contribution in [1.82, 2.24) is 10.6 Å². The van der Waals surface area contributed by atoms with Gasteiger partial charge < -0.3 is 20.8 Å². The molecule has 4 N–H and O–H groups in total. The molecule has 2 heterocycles. The van der Waals surface area contributed by atoms with Crippen LogP contribution in [-0.2, 0) is 9.59 Å². The molecule has 0 amide bonds. The van der Waals surface area contributed by atoms with Crippen molar-refractivity contribution in [2.45, 2.75) is 39.2 Å². The van der Waals surface area contributed by atoms with Gasteiger partial charge in [0.05, 0.1) is 0 Å². The summed E-state index contributed by atoms with van der Waals surface area (Å²) in [4.78, 5) is 19.1. The van der Waals surface area contributed by atoms with E-state index in [0.29, 0.717) is 24.1 Å². The first-order valence-corrected chi connectivity index (χ1v) is 8.85. The maximum absolute atomic E-state index is 9.55. The van der Waals surface area contributed by atoms with Gasteiger partial charge in [-0.15, -0.1) is 0 Å². The Hall–Kier alpha value is -2.76. The van der Waals surface area contributed by atoms with Gasteiger partial charge >= 0.3 is 11.9 Å². The van der Waals surface area contributed by atoms with Gasteiger partial charge in [0.25, 0.3) is 0 Å². The van der Waals surface area contributed by atoms with Crippen LogP contribution >= 0.6 is 0 Å². The van der Waals surface area contributed by atoms with Crippen molar-refractivity contribution in [3.63, 3.8) is 0 Å². The Bertz CT molecular complexity index is 783. The highest BCUT2D eigenvalue weighted by Crippen LogP contribution is 2.46. The first kappa shape index (κ1) is 18.0. The lowest BCUT2D eigenvalue weighted by atomic mass is 9.72. The van der Waals surface area contributed by atoms with Gasteiger partial charge in [-0.1, -0.05) is 6.08 Å². The molecule has 2 aliphatic carbocycles. The predicted molar refractivity (Wildman–Crippen MR) is 98.2 cm³/mol. The summed E-state index contributed by atoms with van der Waals surface area (Å²) in [7, 11) is 0. The molecule has 0 saturated carbocycles. The summed E-state index contributed by atoms with van der Waals surface area (Å²) in [6, 6.07) is 0.571. The van der Waals surface area contributed by atoms with E-state index in [1.807, 2.05) is 0 Å². The van der Waals surface area contributed by atoms with Crippen LogP contribution in [0.2, 0.25) is 0 Å². The van der Waals surface area contributed by atoms with Crippen LogP contribution in [0.3, 0.4) is 0 Å². The third-order valence-electron chi connectivity index (χ3n) is 5.17. The Labute approximate surface area is 152 Å². The molecular formula is C20H24N2O4. The SMILES string of the molecule is CC1=CC2=C3CCC=C4NCC(=C43)CC2C(C)N1.O=C(O)/C=C\C(=O)O. The van der Waals surface area contributed by atoms with E-state index < -0.39 is 11.9 Å². The molecule has 138 valence electrons. The maximum Gasteiger partial charge on any atom is 0.328 e. The molecule has 6 nitrogen and oxygen atoms in total. The number of aliphatic carboxylic acids is 2. The molecule has 6 heteroatoms. The van der Waals surface area contributed by atoms with Crippen molar-refractivity contribution < 1.29 is 19.8 Å².